The number of rotatable bonds is 3. The quantitative estimate of drug-likeness (QED) is 0.877. The Bertz CT molecular complexity index is 343. The van der Waals surface area contributed by atoms with E-state index in [-0.39, 0.29) is 0 Å². The third-order valence-electron chi connectivity index (χ3n) is 3.09. The summed E-state index contributed by atoms with van der Waals surface area (Å²) in [5.74, 6) is 0.784. The Morgan fingerprint density at radius 3 is 3.06 bits per heavy atom. The Kier molecular flexibility index (Phi) is 4.04. The zero-order valence-corrected chi connectivity index (χ0v) is 10.8. The first-order valence-corrected chi connectivity index (χ1v) is 7.15. The molecule has 2 atom stereocenters. The van der Waals surface area contributed by atoms with Crippen molar-refractivity contribution in [3.05, 3.63) is 18.0 Å². The van der Waals surface area contributed by atoms with Crippen molar-refractivity contribution in [2.24, 2.45) is 0 Å². The maximum Gasteiger partial charge on any atom is 0.223 e. The van der Waals surface area contributed by atoms with E-state index in [4.69, 9.17) is 0 Å². The van der Waals surface area contributed by atoms with Gasteiger partial charge in [0.05, 0.1) is 0 Å². The molecule has 88 valence electrons. The average Bonchev–Trinajstić information content (AvgIpc) is 2.29. The van der Waals surface area contributed by atoms with Gasteiger partial charge in [-0.1, -0.05) is 6.42 Å². The van der Waals surface area contributed by atoms with Gasteiger partial charge in [-0.05, 0) is 38.5 Å². The summed E-state index contributed by atoms with van der Waals surface area (Å²) in [6.07, 6.45) is 9.17. The number of aromatic nitrogens is 2. The third-order valence-corrected chi connectivity index (χ3v) is 4.18. The first kappa shape index (κ1) is 11.7. The molecule has 0 radical (unpaired) electrons. The van der Waals surface area contributed by atoms with Crippen molar-refractivity contribution in [3.63, 3.8) is 0 Å². The fourth-order valence-corrected chi connectivity index (χ4v) is 3.02. The summed E-state index contributed by atoms with van der Waals surface area (Å²) < 4.78 is 0. The van der Waals surface area contributed by atoms with Crippen LogP contribution in [0.3, 0.4) is 0 Å². The van der Waals surface area contributed by atoms with Crippen LogP contribution in [0.1, 0.15) is 31.4 Å². The molecule has 2 unspecified atom stereocenters. The van der Waals surface area contributed by atoms with E-state index >= 15 is 0 Å². The fourth-order valence-electron chi connectivity index (χ4n) is 2.19. The van der Waals surface area contributed by atoms with Crippen molar-refractivity contribution in [1.82, 2.24) is 9.97 Å². The predicted octanol–water partition coefficient (Wildman–Crippen LogP) is 2.87. The lowest BCUT2D eigenvalue weighted by atomic mass is 9.95. The van der Waals surface area contributed by atoms with Crippen molar-refractivity contribution in [3.8, 4) is 0 Å². The molecular weight excluding hydrogens is 218 g/mol. The third kappa shape index (κ3) is 3.11. The second-order valence-corrected chi connectivity index (χ2v) is 5.53. The molecule has 16 heavy (non-hydrogen) atoms. The summed E-state index contributed by atoms with van der Waals surface area (Å²) in [6.45, 7) is 2.00. The normalized spacial score (nSPS) is 25.4. The SMILES string of the molecule is CSC1CCCC(Nc2nccc(C)n2)C1. The van der Waals surface area contributed by atoms with Crippen molar-refractivity contribution in [2.45, 2.75) is 43.9 Å². The van der Waals surface area contributed by atoms with E-state index in [1.165, 1.54) is 25.7 Å². The molecule has 1 fully saturated rings. The highest BCUT2D eigenvalue weighted by molar-refractivity contribution is 7.99. The molecular formula is C12H19N3S. The van der Waals surface area contributed by atoms with Crippen LogP contribution in [0.4, 0.5) is 5.95 Å². The zero-order valence-electron chi connectivity index (χ0n) is 9.94. The van der Waals surface area contributed by atoms with Crippen molar-refractivity contribution in [1.29, 1.82) is 0 Å². The molecule has 0 saturated heterocycles. The van der Waals surface area contributed by atoms with Gasteiger partial charge in [-0.25, -0.2) is 9.97 Å². The van der Waals surface area contributed by atoms with E-state index in [9.17, 15) is 0 Å². The molecule has 0 bridgehead atoms. The maximum atomic E-state index is 4.39. The molecule has 0 aromatic carbocycles. The van der Waals surface area contributed by atoms with Crippen molar-refractivity contribution < 1.29 is 0 Å². The van der Waals surface area contributed by atoms with Crippen LogP contribution in [0.15, 0.2) is 12.3 Å². The topological polar surface area (TPSA) is 37.8 Å². The predicted molar refractivity (Wildman–Crippen MR) is 70.0 cm³/mol. The van der Waals surface area contributed by atoms with Gasteiger partial charge in [0.15, 0.2) is 0 Å². The number of hydrogen-bond acceptors (Lipinski definition) is 4. The number of nitrogens with zero attached hydrogens (tertiary/aromatic N) is 2. The monoisotopic (exact) mass is 237 g/mol. The zero-order chi connectivity index (χ0) is 11.4. The van der Waals surface area contributed by atoms with Crippen molar-refractivity contribution >= 4 is 17.7 Å². The number of anilines is 1. The van der Waals surface area contributed by atoms with Crippen LogP contribution in [0.25, 0.3) is 0 Å². The lowest BCUT2D eigenvalue weighted by Gasteiger charge is -2.28. The largest absolute Gasteiger partial charge is 0.351 e. The van der Waals surface area contributed by atoms with E-state index in [1.807, 2.05) is 30.9 Å². The minimum Gasteiger partial charge on any atom is -0.351 e. The molecule has 1 aliphatic rings. The van der Waals surface area contributed by atoms with E-state index in [2.05, 4.69) is 21.5 Å². The van der Waals surface area contributed by atoms with Crippen LogP contribution in [-0.2, 0) is 0 Å². The molecule has 0 aliphatic heterocycles. The number of nitrogens with one attached hydrogen (secondary N) is 1. The molecule has 1 saturated carbocycles. The minimum absolute atomic E-state index is 0.549. The van der Waals surface area contributed by atoms with E-state index in [0.29, 0.717) is 6.04 Å². The summed E-state index contributed by atoms with van der Waals surface area (Å²) in [5.41, 5.74) is 1.02. The summed E-state index contributed by atoms with van der Waals surface area (Å²) in [5, 5.41) is 4.25. The summed E-state index contributed by atoms with van der Waals surface area (Å²) in [4.78, 5) is 8.64. The van der Waals surface area contributed by atoms with Crippen LogP contribution >= 0.6 is 11.8 Å². The lowest BCUT2D eigenvalue weighted by Crippen LogP contribution is -2.29. The number of hydrogen-bond donors (Lipinski definition) is 1. The molecule has 0 spiro atoms. The molecule has 1 aliphatic carbocycles. The highest BCUT2D eigenvalue weighted by Gasteiger charge is 2.21. The molecule has 4 heteroatoms. The van der Waals surface area contributed by atoms with E-state index in [0.717, 1.165) is 16.9 Å². The molecule has 0 amide bonds. The highest BCUT2D eigenvalue weighted by Crippen LogP contribution is 2.28. The van der Waals surface area contributed by atoms with Gasteiger partial charge in [-0.3, -0.25) is 0 Å². The van der Waals surface area contributed by atoms with Crippen LogP contribution in [0, 0.1) is 6.92 Å². The van der Waals surface area contributed by atoms with Gasteiger partial charge >= 0.3 is 0 Å². The standard InChI is InChI=1S/C12H19N3S/c1-9-6-7-13-12(14-9)15-10-4-3-5-11(8-10)16-2/h6-7,10-11H,3-5,8H2,1-2H3,(H,13,14,15). The summed E-state index contributed by atoms with van der Waals surface area (Å²) >= 11 is 1.98. The Hall–Kier alpha value is -0.770. The average molecular weight is 237 g/mol. The summed E-state index contributed by atoms with van der Waals surface area (Å²) in [6, 6.07) is 2.48. The number of thioether (sulfide) groups is 1. The second-order valence-electron chi connectivity index (χ2n) is 4.39. The Morgan fingerprint density at radius 1 is 1.44 bits per heavy atom. The van der Waals surface area contributed by atoms with Crippen LogP contribution in [-0.4, -0.2) is 27.5 Å². The summed E-state index contributed by atoms with van der Waals surface area (Å²) in [7, 11) is 0. The Labute approximate surface area is 101 Å². The second kappa shape index (κ2) is 5.53. The van der Waals surface area contributed by atoms with Crippen LogP contribution < -0.4 is 5.32 Å². The molecule has 1 heterocycles. The fraction of sp³-hybridized carbons (Fsp3) is 0.667. The first-order chi connectivity index (χ1) is 7.78. The molecule has 1 aromatic rings. The number of aryl methyl sites for hydroxylation is 1. The van der Waals surface area contributed by atoms with Crippen LogP contribution in [0.5, 0.6) is 0 Å². The Morgan fingerprint density at radius 2 is 2.31 bits per heavy atom. The van der Waals surface area contributed by atoms with Gasteiger partial charge in [0.1, 0.15) is 0 Å². The van der Waals surface area contributed by atoms with Gasteiger partial charge < -0.3 is 5.32 Å². The van der Waals surface area contributed by atoms with Gasteiger partial charge in [0, 0.05) is 23.2 Å². The van der Waals surface area contributed by atoms with Crippen molar-refractivity contribution in [2.75, 3.05) is 11.6 Å². The smallest absolute Gasteiger partial charge is 0.223 e. The van der Waals surface area contributed by atoms with Gasteiger partial charge in [0.2, 0.25) is 5.95 Å². The van der Waals surface area contributed by atoms with E-state index in [1.54, 1.807) is 0 Å². The lowest BCUT2D eigenvalue weighted by molar-refractivity contribution is 0.471. The maximum absolute atomic E-state index is 4.39. The van der Waals surface area contributed by atoms with E-state index < -0.39 is 0 Å². The molecule has 3 nitrogen and oxygen atoms in total. The molecule has 1 aromatic heterocycles. The highest BCUT2D eigenvalue weighted by atomic mass is 32.2. The van der Waals surface area contributed by atoms with Gasteiger partial charge in [0.25, 0.3) is 0 Å². The minimum atomic E-state index is 0.549. The molecule has 2 rings (SSSR count). The van der Waals surface area contributed by atoms with Gasteiger partial charge in [-0.2, -0.15) is 11.8 Å². The van der Waals surface area contributed by atoms with Crippen LogP contribution in [0.2, 0.25) is 0 Å². The Balaban J connectivity index is 1.94. The van der Waals surface area contributed by atoms with Gasteiger partial charge in [-0.15, -0.1) is 0 Å². The molecule has 1 N–H and O–H groups in total. The first-order valence-electron chi connectivity index (χ1n) is 5.87.